The van der Waals surface area contributed by atoms with Crippen LogP contribution in [0.2, 0.25) is 0 Å². The number of anilines is 3. The van der Waals surface area contributed by atoms with Crippen molar-refractivity contribution in [2.75, 3.05) is 29.9 Å². The summed E-state index contributed by atoms with van der Waals surface area (Å²) in [4.78, 5) is 13.2. The molecule has 2 heterocycles. The maximum absolute atomic E-state index is 5.64. The summed E-state index contributed by atoms with van der Waals surface area (Å²) in [6, 6.07) is 8.34. The molecule has 0 saturated carbocycles. The molecule has 0 radical (unpaired) electrons. The third-order valence-corrected chi connectivity index (χ3v) is 3.40. The topological polar surface area (TPSA) is 58.3 Å². The Bertz CT molecular complexity index is 584. The standard InChI is InChI=1S/C14H17N5/c1-18-6-7-19(13-5-3-2-4-12(13)18)14-10-16-9-11(8-15)17-14/h2-5,9-10H,6-8,15H2,1H3. The summed E-state index contributed by atoms with van der Waals surface area (Å²) in [6.45, 7) is 2.28. The lowest BCUT2D eigenvalue weighted by atomic mass is 10.2. The van der Waals surface area contributed by atoms with Gasteiger partial charge in [0, 0.05) is 32.9 Å². The molecule has 2 N–H and O–H groups in total. The molecule has 5 nitrogen and oxygen atoms in total. The van der Waals surface area contributed by atoms with Gasteiger partial charge >= 0.3 is 0 Å². The van der Waals surface area contributed by atoms with Crippen LogP contribution in [0.15, 0.2) is 36.7 Å². The van der Waals surface area contributed by atoms with Crippen molar-refractivity contribution >= 4 is 17.2 Å². The van der Waals surface area contributed by atoms with Gasteiger partial charge in [0.2, 0.25) is 0 Å². The predicted octanol–water partition coefficient (Wildman–Crippen LogP) is 1.52. The zero-order valence-electron chi connectivity index (χ0n) is 11.0. The Hall–Kier alpha value is -2.14. The molecular formula is C14H17N5. The van der Waals surface area contributed by atoms with Crippen molar-refractivity contribution in [1.29, 1.82) is 0 Å². The van der Waals surface area contributed by atoms with Gasteiger partial charge in [-0.1, -0.05) is 12.1 Å². The van der Waals surface area contributed by atoms with E-state index in [-0.39, 0.29) is 0 Å². The molecule has 1 aliphatic rings. The Morgan fingerprint density at radius 1 is 1.16 bits per heavy atom. The van der Waals surface area contributed by atoms with Crippen LogP contribution in [0, 0.1) is 0 Å². The summed E-state index contributed by atoms with van der Waals surface area (Å²) >= 11 is 0. The van der Waals surface area contributed by atoms with Crippen LogP contribution >= 0.6 is 0 Å². The third kappa shape index (κ3) is 2.13. The highest BCUT2D eigenvalue weighted by Crippen LogP contribution is 2.35. The number of nitrogens with two attached hydrogens (primary N) is 1. The molecule has 98 valence electrons. The maximum atomic E-state index is 5.64. The van der Waals surface area contributed by atoms with Gasteiger partial charge in [-0.2, -0.15) is 0 Å². The fraction of sp³-hybridized carbons (Fsp3) is 0.286. The minimum absolute atomic E-state index is 0.413. The molecule has 0 saturated heterocycles. The molecule has 0 atom stereocenters. The van der Waals surface area contributed by atoms with Gasteiger partial charge in [0.1, 0.15) is 0 Å². The maximum Gasteiger partial charge on any atom is 0.152 e. The van der Waals surface area contributed by atoms with Crippen LogP contribution in [0.25, 0.3) is 0 Å². The van der Waals surface area contributed by atoms with Crippen LogP contribution in [0.3, 0.4) is 0 Å². The lowest BCUT2D eigenvalue weighted by molar-refractivity contribution is 0.805. The van der Waals surface area contributed by atoms with Gasteiger partial charge in [0.05, 0.1) is 23.3 Å². The molecule has 0 amide bonds. The summed E-state index contributed by atoms with van der Waals surface area (Å²) < 4.78 is 0. The molecule has 1 aliphatic heterocycles. The SMILES string of the molecule is CN1CCN(c2cncc(CN)n2)c2ccccc21. The molecule has 1 aromatic carbocycles. The third-order valence-electron chi connectivity index (χ3n) is 3.40. The van der Waals surface area contributed by atoms with E-state index in [1.165, 1.54) is 11.4 Å². The highest BCUT2D eigenvalue weighted by molar-refractivity contribution is 5.77. The smallest absolute Gasteiger partial charge is 0.152 e. The van der Waals surface area contributed by atoms with Gasteiger partial charge in [-0.15, -0.1) is 0 Å². The minimum Gasteiger partial charge on any atom is -0.371 e. The lowest BCUT2D eigenvalue weighted by Gasteiger charge is -2.36. The summed E-state index contributed by atoms with van der Waals surface area (Å²) in [5, 5.41) is 0. The fourth-order valence-electron chi connectivity index (χ4n) is 2.37. The highest BCUT2D eigenvalue weighted by Gasteiger charge is 2.21. The second-order valence-corrected chi connectivity index (χ2v) is 4.63. The monoisotopic (exact) mass is 255 g/mol. The molecule has 0 bridgehead atoms. The molecule has 0 aliphatic carbocycles. The Labute approximate surface area is 112 Å². The zero-order valence-corrected chi connectivity index (χ0v) is 11.0. The summed E-state index contributed by atoms with van der Waals surface area (Å²) in [5.41, 5.74) is 8.83. The Balaban J connectivity index is 2.04. The zero-order chi connectivity index (χ0) is 13.2. The van der Waals surface area contributed by atoms with Crippen molar-refractivity contribution < 1.29 is 0 Å². The number of hydrogen-bond acceptors (Lipinski definition) is 5. The number of benzene rings is 1. The summed E-state index contributed by atoms with van der Waals surface area (Å²) in [6.07, 6.45) is 3.51. The predicted molar refractivity (Wildman–Crippen MR) is 76.6 cm³/mol. The highest BCUT2D eigenvalue weighted by atomic mass is 15.3. The van der Waals surface area contributed by atoms with E-state index in [9.17, 15) is 0 Å². The van der Waals surface area contributed by atoms with Crippen molar-refractivity contribution in [1.82, 2.24) is 9.97 Å². The van der Waals surface area contributed by atoms with Crippen molar-refractivity contribution in [3.05, 3.63) is 42.4 Å². The number of para-hydroxylation sites is 2. The first-order valence-corrected chi connectivity index (χ1v) is 6.38. The summed E-state index contributed by atoms with van der Waals surface area (Å²) in [7, 11) is 2.11. The number of hydrogen-bond donors (Lipinski definition) is 1. The molecule has 19 heavy (non-hydrogen) atoms. The molecule has 3 rings (SSSR count). The first-order chi connectivity index (χ1) is 9.29. The van der Waals surface area contributed by atoms with Crippen molar-refractivity contribution in [3.63, 3.8) is 0 Å². The van der Waals surface area contributed by atoms with Crippen LogP contribution in [-0.4, -0.2) is 30.1 Å². The van der Waals surface area contributed by atoms with Crippen molar-refractivity contribution in [2.24, 2.45) is 5.73 Å². The van der Waals surface area contributed by atoms with Crippen molar-refractivity contribution in [3.8, 4) is 0 Å². The molecule has 1 aromatic heterocycles. The molecule has 2 aromatic rings. The Kier molecular flexibility index (Phi) is 3.05. The molecule has 0 unspecified atom stereocenters. The number of rotatable bonds is 2. The van der Waals surface area contributed by atoms with Crippen molar-refractivity contribution in [2.45, 2.75) is 6.54 Å². The van der Waals surface area contributed by atoms with Crippen LogP contribution in [0.4, 0.5) is 17.2 Å². The first kappa shape index (κ1) is 11.9. The van der Waals surface area contributed by atoms with E-state index in [1.54, 1.807) is 12.4 Å². The van der Waals surface area contributed by atoms with Crippen LogP contribution in [0.1, 0.15) is 5.69 Å². The van der Waals surface area contributed by atoms with E-state index in [4.69, 9.17) is 5.73 Å². The molecule has 0 fully saturated rings. The number of likely N-dealkylation sites (N-methyl/N-ethyl adjacent to an activating group) is 1. The van der Waals surface area contributed by atoms with E-state index in [1.807, 2.05) is 6.07 Å². The van der Waals surface area contributed by atoms with E-state index in [0.717, 1.165) is 24.6 Å². The van der Waals surface area contributed by atoms with Crippen LogP contribution in [0.5, 0.6) is 0 Å². The van der Waals surface area contributed by atoms with E-state index >= 15 is 0 Å². The quantitative estimate of drug-likeness (QED) is 0.881. The minimum atomic E-state index is 0.413. The number of aromatic nitrogens is 2. The van der Waals surface area contributed by atoms with Gasteiger partial charge in [0.15, 0.2) is 5.82 Å². The largest absolute Gasteiger partial charge is 0.371 e. The fourth-order valence-corrected chi connectivity index (χ4v) is 2.37. The molecule has 0 spiro atoms. The molecule has 5 heteroatoms. The second-order valence-electron chi connectivity index (χ2n) is 4.63. The van der Waals surface area contributed by atoms with Gasteiger partial charge < -0.3 is 15.5 Å². The number of fused-ring (bicyclic) bond motifs is 1. The second kappa shape index (κ2) is 4.85. The van der Waals surface area contributed by atoms with Gasteiger partial charge in [-0.3, -0.25) is 4.98 Å². The van der Waals surface area contributed by atoms with E-state index in [2.05, 4.69) is 45.0 Å². The van der Waals surface area contributed by atoms with Crippen LogP contribution in [-0.2, 0) is 6.54 Å². The summed E-state index contributed by atoms with van der Waals surface area (Å²) in [5.74, 6) is 0.864. The average Bonchev–Trinajstić information content (AvgIpc) is 2.48. The average molecular weight is 255 g/mol. The Morgan fingerprint density at radius 3 is 2.74 bits per heavy atom. The first-order valence-electron chi connectivity index (χ1n) is 6.38. The Morgan fingerprint density at radius 2 is 1.95 bits per heavy atom. The van der Waals surface area contributed by atoms with Gasteiger partial charge in [-0.25, -0.2) is 4.98 Å². The van der Waals surface area contributed by atoms with E-state index in [0.29, 0.717) is 6.54 Å². The van der Waals surface area contributed by atoms with Gasteiger partial charge in [0.25, 0.3) is 0 Å². The van der Waals surface area contributed by atoms with Crippen LogP contribution < -0.4 is 15.5 Å². The number of nitrogens with zero attached hydrogens (tertiary/aromatic N) is 4. The normalized spacial score (nSPS) is 14.4. The molecular weight excluding hydrogens is 238 g/mol. The van der Waals surface area contributed by atoms with Gasteiger partial charge in [-0.05, 0) is 12.1 Å². The lowest BCUT2D eigenvalue weighted by Crippen LogP contribution is -2.36. The van der Waals surface area contributed by atoms with E-state index < -0.39 is 0 Å².